The van der Waals surface area contributed by atoms with E-state index in [1.807, 2.05) is 36.7 Å². The van der Waals surface area contributed by atoms with Crippen molar-refractivity contribution in [1.29, 1.82) is 5.26 Å². The van der Waals surface area contributed by atoms with Crippen molar-refractivity contribution in [2.24, 2.45) is 0 Å². The van der Waals surface area contributed by atoms with E-state index in [0.29, 0.717) is 5.56 Å². The van der Waals surface area contributed by atoms with Gasteiger partial charge in [0.05, 0.1) is 45.2 Å². The van der Waals surface area contributed by atoms with Crippen LogP contribution >= 0.6 is 0 Å². The number of aromatic nitrogens is 3. The van der Waals surface area contributed by atoms with Crippen molar-refractivity contribution in [2.75, 3.05) is 0 Å². The Kier molecular flexibility index (Phi) is 4.85. The number of fused-ring (bicyclic) bond motifs is 6. The van der Waals surface area contributed by atoms with Gasteiger partial charge in [-0.25, -0.2) is 0 Å². The van der Waals surface area contributed by atoms with E-state index in [1.54, 1.807) is 0 Å². The molecule has 0 spiro atoms. The molecule has 4 heteroatoms. The SMILES string of the molecule is N#Cc1cc(-c2ccncc2-n2c3ccccc3c3ccccc32)ccc1-n1c2ccccc2c2ccccc21. The number of benzene rings is 5. The monoisotopic (exact) mass is 510 g/mol. The molecule has 0 N–H and O–H groups in total. The molecule has 3 heterocycles. The minimum atomic E-state index is 0.619. The number of para-hydroxylation sites is 4. The molecule has 4 nitrogen and oxygen atoms in total. The largest absolute Gasteiger partial charge is 0.308 e. The van der Waals surface area contributed by atoms with Gasteiger partial charge >= 0.3 is 0 Å². The highest BCUT2D eigenvalue weighted by Gasteiger charge is 2.18. The van der Waals surface area contributed by atoms with Crippen molar-refractivity contribution in [3.05, 3.63) is 139 Å². The second-order valence-electron chi connectivity index (χ2n) is 9.98. The van der Waals surface area contributed by atoms with Crippen LogP contribution in [0.3, 0.4) is 0 Å². The summed E-state index contributed by atoms with van der Waals surface area (Å²) in [6, 6.07) is 44.4. The summed E-state index contributed by atoms with van der Waals surface area (Å²) >= 11 is 0. The van der Waals surface area contributed by atoms with Crippen LogP contribution in [0.5, 0.6) is 0 Å². The number of hydrogen-bond donors (Lipinski definition) is 0. The Hall–Kier alpha value is -5.66. The highest BCUT2D eigenvalue weighted by molar-refractivity contribution is 6.10. The number of pyridine rings is 1. The predicted octanol–water partition coefficient (Wildman–Crippen LogP) is 8.81. The first-order chi connectivity index (χ1) is 19.8. The number of hydrogen-bond acceptors (Lipinski definition) is 2. The van der Waals surface area contributed by atoms with Crippen LogP contribution in [-0.4, -0.2) is 14.1 Å². The van der Waals surface area contributed by atoms with Gasteiger partial charge in [-0.3, -0.25) is 4.98 Å². The summed E-state index contributed by atoms with van der Waals surface area (Å²) in [4.78, 5) is 4.52. The maximum Gasteiger partial charge on any atom is 0.101 e. The van der Waals surface area contributed by atoms with E-state index >= 15 is 0 Å². The summed E-state index contributed by atoms with van der Waals surface area (Å²) < 4.78 is 4.48. The van der Waals surface area contributed by atoms with Gasteiger partial charge in [-0.1, -0.05) is 78.9 Å². The molecule has 0 saturated carbocycles. The first-order valence-corrected chi connectivity index (χ1v) is 13.3. The summed E-state index contributed by atoms with van der Waals surface area (Å²) in [5.74, 6) is 0. The molecule has 0 aliphatic rings. The van der Waals surface area contributed by atoms with Gasteiger partial charge in [-0.2, -0.15) is 5.26 Å². The van der Waals surface area contributed by atoms with E-state index in [2.05, 4.69) is 117 Å². The highest BCUT2D eigenvalue weighted by atomic mass is 15.0. The summed E-state index contributed by atoms with van der Waals surface area (Å²) in [5, 5.41) is 15.1. The summed E-state index contributed by atoms with van der Waals surface area (Å²) in [6.07, 6.45) is 3.74. The van der Waals surface area contributed by atoms with Gasteiger partial charge in [0.1, 0.15) is 6.07 Å². The van der Waals surface area contributed by atoms with Gasteiger partial charge in [0.25, 0.3) is 0 Å². The molecule has 8 rings (SSSR count). The van der Waals surface area contributed by atoms with Crippen LogP contribution in [0.15, 0.2) is 134 Å². The van der Waals surface area contributed by atoms with Crippen molar-refractivity contribution in [1.82, 2.24) is 14.1 Å². The van der Waals surface area contributed by atoms with Crippen molar-refractivity contribution in [3.63, 3.8) is 0 Å². The zero-order chi connectivity index (χ0) is 26.6. The van der Waals surface area contributed by atoms with Gasteiger partial charge in [0.2, 0.25) is 0 Å². The molecule has 0 bridgehead atoms. The van der Waals surface area contributed by atoms with Gasteiger partial charge in [-0.15, -0.1) is 0 Å². The summed E-state index contributed by atoms with van der Waals surface area (Å²) in [7, 11) is 0. The molecule has 5 aromatic carbocycles. The molecule has 40 heavy (non-hydrogen) atoms. The van der Waals surface area contributed by atoms with Crippen LogP contribution in [0, 0.1) is 11.3 Å². The molecule has 3 aromatic heterocycles. The Labute approximate surface area is 230 Å². The first-order valence-electron chi connectivity index (χ1n) is 13.3. The number of rotatable bonds is 3. The fraction of sp³-hybridized carbons (Fsp3) is 0. The zero-order valence-corrected chi connectivity index (χ0v) is 21.5. The molecule has 0 radical (unpaired) electrons. The Morgan fingerprint density at radius 2 is 1.00 bits per heavy atom. The van der Waals surface area contributed by atoms with Crippen molar-refractivity contribution in [3.8, 4) is 28.6 Å². The summed E-state index contributed by atoms with van der Waals surface area (Å²) in [5.41, 5.74) is 8.89. The highest BCUT2D eigenvalue weighted by Crippen LogP contribution is 2.38. The zero-order valence-electron chi connectivity index (χ0n) is 21.5. The minimum absolute atomic E-state index is 0.619. The average Bonchev–Trinajstić information content (AvgIpc) is 3.54. The third-order valence-electron chi connectivity index (χ3n) is 7.87. The Balaban J connectivity index is 1.37. The number of nitriles is 1. The average molecular weight is 511 g/mol. The molecule has 0 saturated heterocycles. The second kappa shape index (κ2) is 8.69. The second-order valence-corrected chi connectivity index (χ2v) is 9.98. The lowest BCUT2D eigenvalue weighted by Gasteiger charge is -2.15. The van der Waals surface area contributed by atoms with Gasteiger partial charge < -0.3 is 9.13 Å². The molecule has 8 aromatic rings. The minimum Gasteiger partial charge on any atom is -0.308 e. The fourth-order valence-electron chi connectivity index (χ4n) is 6.16. The Morgan fingerprint density at radius 1 is 0.525 bits per heavy atom. The lowest BCUT2D eigenvalue weighted by molar-refractivity contribution is 1.14. The normalized spacial score (nSPS) is 11.5. The molecular formula is C36H22N4. The van der Waals surface area contributed by atoms with Crippen LogP contribution in [0.4, 0.5) is 0 Å². The van der Waals surface area contributed by atoms with E-state index in [9.17, 15) is 5.26 Å². The van der Waals surface area contributed by atoms with E-state index in [1.165, 1.54) is 21.5 Å². The van der Waals surface area contributed by atoms with Crippen LogP contribution < -0.4 is 0 Å². The quantitative estimate of drug-likeness (QED) is 0.238. The molecule has 0 aliphatic heterocycles. The van der Waals surface area contributed by atoms with Crippen molar-refractivity contribution < 1.29 is 0 Å². The van der Waals surface area contributed by atoms with Crippen molar-refractivity contribution in [2.45, 2.75) is 0 Å². The third-order valence-corrected chi connectivity index (χ3v) is 7.87. The first kappa shape index (κ1) is 22.3. The molecule has 0 atom stereocenters. The third kappa shape index (κ3) is 3.15. The standard InChI is InChI=1S/C36H22N4/c37-22-25-21-24(17-18-31(25)39-32-13-5-1-9-27(32)28-10-2-6-14-33(28)39)26-19-20-38-23-36(26)40-34-15-7-3-11-29(34)30-12-4-8-16-35(30)40/h1-21,23H. The van der Waals surface area contributed by atoms with E-state index < -0.39 is 0 Å². The predicted molar refractivity (Wildman–Crippen MR) is 163 cm³/mol. The van der Waals surface area contributed by atoms with Crippen LogP contribution in [0.1, 0.15) is 5.56 Å². The number of nitrogens with zero attached hydrogens (tertiary/aromatic N) is 4. The fourth-order valence-corrected chi connectivity index (χ4v) is 6.16. The lowest BCUT2D eigenvalue weighted by Crippen LogP contribution is -2.00. The van der Waals surface area contributed by atoms with E-state index in [-0.39, 0.29) is 0 Å². The molecule has 0 aliphatic carbocycles. The van der Waals surface area contributed by atoms with Gasteiger partial charge in [-0.05, 0) is 48.0 Å². The molecule has 0 unspecified atom stereocenters. The van der Waals surface area contributed by atoms with Gasteiger partial charge in [0.15, 0.2) is 0 Å². The van der Waals surface area contributed by atoms with Crippen LogP contribution in [0.25, 0.3) is 66.1 Å². The smallest absolute Gasteiger partial charge is 0.101 e. The molecule has 0 amide bonds. The van der Waals surface area contributed by atoms with Gasteiger partial charge in [0, 0.05) is 33.3 Å². The molecular weight excluding hydrogens is 488 g/mol. The Morgan fingerprint density at radius 3 is 1.50 bits per heavy atom. The molecule has 186 valence electrons. The van der Waals surface area contributed by atoms with Crippen molar-refractivity contribution >= 4 is 43.6 Å². The topological polar surface area (TPSA) is 46.5 Å². The van der Waals surface area contributed by atoms with E-state index in [4.69, 9.17) is 0 Å². The van der Waals surface area contributed by atoms with E-state index in [0.717, 1.165) is 44.6 Å². The maximum atomic E-state index is 10.4. The Bertz CT molecular complexity index is 2190. The maximum absolute atomic E-state index is 10.4. The summed E-state index contributed by atoms with van der Waals surface area (Å²) in [6.45, 7) is 0. The van der Waals surface area contributed by atoms with Crippen LogP contribution in [0.2, 0.25) is 0 Å². The van der Waals surface area contributed by atoms with Crippen LogP contribution in [-0.2, 0) is 0 Å². The lowest BCUT2D eigenvalue weighted by atomic mass is 10.0. The molecule has 0 fully saturated rings.